The first-order chi connectivity index (χ1) is 11.5. The molecule has 5 heteroatoms. The van der Waals surface area contributed by atoms with E-state index in [1.807, 2.05) is 19.0 Å². The third-order valence-electron chi connectivity index (χ3n) is 5.07. The van der Waals surface area contributed by atoms with Gasteiger partial charge in [-0.05, 0) is 69.6 Å². The van der Waals surface area contributed by atoms with Gasteiger partial charge in [0.25, 0.3) is 0 Å². The van der Waals surface area contributed by atoms with Crippen LogP contribution in [0, 0.1) is 17.7 Å². The highest BCUT2D eigenvalue weighted by Crippen LogP contribution is 2.24. The van der Waals surface area contributed by atoms with E-state index >= 15 is 0 Å². The van der Waals surface area contributed by atoms with E-state index in [0.717, 1.165) is 31.5 Å². The molecule has 1 fully saturated rings. The molecule has 2 atom stereocenters. The highest BCUT2D eigenvalue weighted by Gasteiger charge is 2.22. The Morgan fingerprint density at radius 3 is 2.50 bits per heavy atom. The van der Waals surface area contributed by atoms with Gasteiger partial charge in [0.15, 0.2) is 0 Å². The molecule has 1 aliphatic rings. The van der Waals surface area contributed by atoms with Crippen molar-refractivity contribution < 1.29 is 9.18 Å². The Bertz CT molecular complexity index is 512. The summed E-state index contributed by atoms with van der Waals surface area (Å²) >= 11 is 0. The summed E-state index contributed by atoms with van der Waals surface area (Å²) in [6, 6.07) is 6.54. The van der Waals surface area contributed by atoms with Crippen LogP contribution in [-0.2, 0) is 4.79 Å². The quantitative estimate of drug-likeness (QED) is 0.805. The predicted molar refractivity (Wildman–Crippen MR) is 95.2 cm³/mol. The van der Waals surface area contributed by atoms with Crippen molar-refractivity contribution in [2.45, 2.75) is 32.2 Å². The molecule has 1 amide bonds. The number of piperidine rings is 1. The van der Waals surface area contributed by atoms with Gasteiger partial charge in [0.2, 0.25) is 5.91 Å². The van der Waals surface area contributed by atoms with E-state index in [0.29, 0.717) is 24.8 Å². The zero-order valence-electron chi connectivity index (χ0n) is 15.0. The third-order valence-corrected chi connectivity index (χ3v) is 5.07. The summed E-state index contributed by atoms with van der Waals surface area (Å²) in [5.74, 6) is 0.917. The van der Waals surface area contributed by atoms with Gasteiger partial charge in [-0.25, -0.2) is 4.39 Å². The maximum Gasteiger partial charge on any atom is 0.220 e. The van der Waals surface area contributed by atoms with Gasteiger partial charge in [0.05, 0.1) is 6.04 Å². The van der Waals surface area contributed by atoms with E-state index in [4.69, 9.17) is 0 Å². The lowest BCUT2D eigenvalue weighted by molar-refractivity contribution is -0.122. The molecule has 0 spiro atoms. The number of benzene rings is 1. The molecule has 134 valence electrons. The number of rotatable bonds is 7. The van der Waals surface area contributed by atoms with Crippen LogP contribution < -0.4 is 10.6 Å². The summed E-state index contributed by atoms with van der Waals surface area (Å²) in [5.41, 5.74) is 1.01. The lowest BCUT2D eigenvalue weighted by Crippen LogP contribution is -2.37. The monoisotopic (exact) mass is 335 g/mol. The minimum Gasteiger partial charge on any atom is -0.354 e. The summed E-state index contributed by atoms with van der Waals surface area (Å²) in [7, 11) is 3.94. The largest absolute Gasteiger partial charge is 0.354 e. The Hall–Kier alpha value is -1.46. The number of carbonyl (C=O) groups is 1. The Labute approximate surface area is 144 Å². The fraction of sp³-hybridized carbons (Fsp3) is 0.632. The van der Waals surface area contributed by atoms with Crippen LogP contribution >= 0.6 is 0 Å². The minimum absolute atomic E-state index is 0.0451. The topological polar surface area (TPSA) is 44.4 Å². The van der Waals surface area contributed by atoms with Gasteiger partial charge in [-0.1, -0.05) is 19.1 Å². The summed E-state index contributed by atoms with van der Waals surface area (Å²) in [5, 5.41) is 6.42. The van der Waals surface area contributed by atoms with Gasteiger partial charge in [-0.3, -0.25) is 4.79 Å². The lowest BCUT2D eigenvalue weighted by atomic mass is 9.84. The second-order valence-corrected chi connectivity index (χ2v) is 7.10. The maximum atomic E-state index is 13.1. The van der Waals surface area contributed by atoms with Crippen LogP contribution in [0.2, 0.25) is 0 Å². The molecule has 1 aromatic carbocycles. The Kier molecular flexibility index (Phi) is 7.18. The fourth-order valence-corrected chi connectivity index (χ4v) is 3.44. The molecule has 0 aliphatic carbocycles. The number of nitrogens with zero attached hydrogens (tertiary/aromatic N) is 1. The Morgan fingerprint density at radius 1 is 1.29 bits per heavy atom. The molecule has 0 bridgehead atoms. The van der Waals surface area contributed by atoms with Gasteiger partial charge in [0, 0.05) is 13.0 Å². The third kappa shape index (κ3) is 5.56. The number of nitrogens with one attached hydrogen (secondary N) is 2. The molecule has 1 aliphatic heterocycles. The van der Waals surface area contributed by atoms with E-state index in [1.165, 1.54) is 12.1 Å². The van der Waals surface area contributed by atoms with E-state index in [9.17, 15) is 9.18 Å². The fourth-order valence-electron chi connectivity index (χ4n) is 3.44. The summed E-state index contributed by atoms with van der Waals surface area (Å²) in [6.45, 7) is 4.84. The molecule has 2 unspecified atom stereocenters. The smallest absolute Gasteiger partial charge is 0.220 e. The van der Waals surface area contributed by atoms with Crippen molar-refractivity contribution in [1.29, 1.82) is 0 Å². The Balaban J connectivity index is 1.84. The molecule has 1 heterocycles. The number of halogens is 1. The average molecular weight is 335 g/mol. The van der Waals surface area contributed by atoms with Gasteiger partial charge < -0.3 is 15.5 Å². The number of likely N-dealkylation sites (N-methyl/N-ethyl adjacent to an activating group) is 1. The van der Waals surface area contributed by atoms with Crippen LogP contribution in [0.3, 0.4) is 0 Å². The molecule has 0 aromatic heterocycles. The molecule has 2 N–H and O–H groups in total. The second-order valence-electron chi connectivity index (χ2n) is 7.10. The van der Waals surface area contributed by atoms with Crippen LogP contribution in [0.1, 0.15) is 37.8 Å². The summed E-state index contributed by atoms with van der Waals surface area (Å²) in [6.07, 6.45) is 2.89. The molecule has 4 nitrogen and oxygen atoms in total. The molecule has 2 rings (SSSR count). The first-order valence-corrected chi connectivity index (χ1v) is 8.86. The van der Waals surface area contributed by atoms with E-state index in [2.05, 4.69) is 17.6 Å². The number of hydrogen-bond acceptors (Lipinski definition) is 3. The Morgan fingerprint density at radius 2 is 1.92 bits per heavy atom. The van der Waals surface area contributed by atoms with Gasteiger partial charge in [-0.15, -0.1) is 0 Å². The van der Waals surface area contributed by atoms with E-state index in [-0.39, 0.29) is 17.8 Å². The van der Waals surface area contributed by atoms with Crippen LogP contribution in [0.5, 0.6) is 0 Å². The summed E-state index contributed by atoms with van der Waals surface area (Å²) < 4.78 is 13.1. The number of carbonyl (C=O) groups excluding carboxylic acids is 1. The van der Waals surface area contributed by atoms with E-state index < -0.39 is 0 Å². The second kappa shape index (κ2) is 9.14. The van der Waals surface area contributed by atoms with Crippen molar-refractivity contribution in [2.24, 2.45) is 11.8 Å². The maximum absolute atomic E-state index is 13.1. The first kappa shape index (κ1) is 18.9. The summed E-state index contributed by atoms with van der Waals surface area (Å²) in [4.78, 5) is 14.3. The average Bonchev–Trinajstić information content (AvgIpc) is 2.57. The van der Waals surface area contributed by atoms with Crippen molar-refractivity contribution >= 4 is 5.91 Å². The van der Waals surface area contributed by atoms with Crippen LogP contribution in [0.4, 0.5) is 4.39 Å². The van der Waals surface area contributed by atoms with Crippen LogP contribution in [-0.4, -0.2) is 44.5 Å². The van der Waals surface area contributed by atoms with Crippen molar-refractivity contribution in [3.63, 3.8) is 0 Å². The van der Waals surface area contributed by atoms with Gasteiger partial charge >= 0.3 is 0 Å². The van der Waals surface area contributed by atoms with Crippen molar-refractivity contribution in [2.75, 3.05) is 33.7 Å². The predicted octanol–water partition coefficient (Wildman–Crippen LogP) is 2.57. The normalized spacial score (nSPS) is 18.4. The molecule has 24 heavy (non-hydrogen) atoms. The van der Waals surface area contributed by atoms with Crippen molar-refractivity contribution in [3.8, 4) is 0 Å². The molecule has 0 saturated carbocycles. The zero-order valence-corrected chi connectivity index (χ0v) is 15.0. The molecule has 1 aromatic rings. The van der Waals surface area contributed by atoms with Crippen molar-refractivity contribution in [1.82, 2.24) is 15.5 Å². The number of hydrogen-bond donors (Lipinski definition) is 2. The zero-order chi connectivity index (χ0) is 17.5. The number of amides is 1. The van der Waals surface area contributed by atoms with Crippen molar-refractivity contribution in [3.05, 3.63) is 35.6 Å². The van der Waals surface area contributed by atoms with Gasteiger partial charge in [-0.2, -0.15) is 0 Å². The van der Waals surface area contributed by atoms with Crippen LogP contribution in [0.25, 0.3) is 0 Å². The van der Waals surface area contributed by atoms with Crippen LogP contribution in [0.15, 0.2) is 24.3 Å². The highest BCUT2D eigenvalue weighted by molar-refractivity contribution is 5.76. The molecular weight excluding hydrogens is 305 g/mol. The van der Waals surface area contributed by atoms with E-state index in [1.54, 1.807) is 12.1 Å². The molecular formula is C19H30FN3O. The SMILES string of the molecule is CC(CC(=O)NCC(c1ccc(F)cc1)N(C)C)C1CCNCC1. The highest BCUT2D eigenvalue weighted by atomic mass is 19.1. The minimum atomic E-state index is -0.240. The van der Waals surface area contributed by atoms with Gasteiger partial charge in [0.1, 0.15) is 5.82 Å². The lowest BCUT2D eigenvalue weighted by Gasteiger charge is -2.29. The molecule has 1 saturated heterocycles. The standard InChI is InChI=1S/C19H30FN3O/c1-14(15-8-10-21-11-9-15)12-19(24)22-13-18(23(2)3)16-4-6-17(20)7-5-16/h4-7,14-15,18,21H,8-13H2,1-3H3,(H,22,24). The first-order valence-electron chi connectivity index (χ1n) is 8.86. The molecule has 0 radical (unpaired) electrons.